The van der Waals surface area contributed by atoms with E-state index in [1.165, 1.54) is 5.19 Å². The average molecular weight is 280 g/mol. The molecule has 0 fully saturated rings. The number of benzene rings is 1. The van der Waals surface area contributed by atoms with Crippen LogP contribution in [0.15, 0.2) is 30.3 Å². The minimum Gasteiger partial charge on any atom is -0.414 e. The van der Waals surface area contributed by atoms with Crippen LogP contribution in [0.2, 0.25) is 31.2 Å². The fourth-order valence-electron chi connectivity index (χ4n) is 1.41. The molecule has 0 heterocycles. The van der Waals surface area contributed by atoms with Crippen LogP contribution in [0.4, 0.5) is 0 Å². The molecule has 1 radical (unpaired) electrons. The summed E-state index contributed by atoms with van der Waals surface area (Å²) in [4.78, 5) is 0. The van der Waals surface area contributed by atoms with Gasteiger partial charge in [0.1, 0.15) is 8.07 Å². The van der Waals surface area contributed by atoms with Crippen LogP contribution in [-0.4, -0.2) is 16.4 Å². The third-order valence-electron chi connectivity index (χ3n) is 3.97. The van der Waals surface area contributed by atoms with Gasteiger partial charge >= 0.3 is 0 Å². The molecule has 0 aliphatic heterocycles. The number of rotatable bonds is 4. The van der Waals surface area contributed by atoms with Crippen LogP contribution in [0.25, 0.3) is 0 Å². The van der Waals surface area contributed by atoms with Crippen molar-refractivity contribution in [2.75, 3.05) is 0 Å². The maximum absolute atomic E-state index is 6.29. The molecule has 1 aromatic carbocycles. The molecule has 1 aromatic rings. The van der Waals surface area contributed by atoms with Crippen molar-refractivity contribution in [1.29, 1.82) is 0 Å². The Morgan fingerprint density at radius 1 is 0.944 bits per heavy atom. The highest BCUT2D eigenvalue weighted by molar-refractivity contribution is 6.93. The number of hydrogen-bond donors (Lipinski definition) is 0. The molecule has 0 bridgehead atoms. The van der Waals surface area contributed by atoms with Gasteiger partial charge in [0.25, 0.3) is 0 Å². The molecule has 0 saturated carbocycles. The highest BCUT2D eigenvalue weighted by Gasteiger charge is 2.39. The first kappa shape index (κ1) is 15.7. The topological polar surface area (TPSA) is 9.23 Å². The molecular weight excluding hydrogens is 252 g/mol. The van der Waals surface area contributed by atoms with E-state index in [0.717, 1.165) is 0 Å². The smallest absolute Gasteiger partial charge is 0.192 e. The minimum absolute atomic E-state index is 0.269. The quantitative estimate of drug-likeness (QED) is 0.746. The normalized spacial score (nSPS) is 13.7. The largest absolute Gasteiger partial charge is 0.414 e. The Morgan fingerprint density at radius 2 is 1.44 bits per heavy atom. The summed E-state index contributed by atoms with van der Waals surface area (Å²) in [7, 11) is -3.25. The van der Waals surface area contributed by atoms with E-state index in [2.05, 4.69) is 83.5 Å². The van der Waals surface area contributed by atoms with E-state index in [9.17, 15) is 0 Å². The Hall–Kier alpha value is -0.386. The van der Waals surface area contributed by atoms with E-state index in [1.54, 1.807) is 0 Å². The van der Waals surface area contributed by atoms with Gasteiger partial charge in [-0.25, -0.2) is 0 Å². The zero-order chi connectivity index (χ0) is 14.0. The Labute approximate surface area is 115 Å². The molecule has 18 heavy (non-hydrogen) atoms. The summed E-state index contributed by atoms with van der Waals surface area (Å²) < 4.78 is 6.29. The lowest BCUT2D eigenvalue weighted by molar-refractivity contribution is 0.401. The van der Waals surface area contributed by atoms with Gasteiger partial charge in [-0.15, -0.1) is 0 Å². The SMILES string of the molecule is CC(C)(C)[Si](C)(C)O[CH][Si](C)(C)c1ccccc1. The van der Waals surface area contributed by atoms with Crippen LogP contribution in [0.5, 0.6) is 0 Å². The molecule has 0 saturated heterocycles. The van der Waals surface area contributed by atoms with E-state index in [4.69, 9.17) is 4.43 Å². The van der Waals surface area contributed by atoms with Crippen LogP contribution in [0.3, 0.4) is 0 Å². The van der Waals surface area contributed by atoms with Gasteiger partial charge in [0.15, 0.2) is 8.32 Å². The van der Waals surface area contributed by atoms with Crippen LogP contribution in [0, 0.1) is 6.23 Å². The van der Waals surface area contributed by atoms with Gasteiger partial charge in [0.2, 0.25) is 0 Å². The van der Waals surface area contributed by atoms with Gasteiger partial charge in [-0.05, 0) is 18.1 Å². The van der Waals surface area contributed by atoms with Crippen LogP contribution < -0.4 is 5.19 Å². The van der Waals surface area contributed by atoms with Gasteiger partial charge in [0, 0.05) is 0 Å². The molecule has 0 aliphatic carbocycles. The third kappa shape index (κ3) is 3.80. The first-order valence-corrected chi connectivity index (χ1v) is 12.6. The molecule has 3 heteroatoms. The molecule has 0 atom stereocenters. The molecule has 0 unspecified atom stereocenters. The van der Waals surface area contributed by atoms with Gasteiger partial charge in [0.05, 0.1) is 6.23 Å². The fraction of sp³-hybridized carbons (Fsp3) is 0.533. The summed E-state index contributed by atoms with van der Waals surface area (Å²) >= 11 is 0. The van der Waals surface area contributed by atoms with Crippen molar-refractivity contribution in [2.45, 2.75) is 52.0 Å². The van der Waals surface area contributed by atoms with Crippen molar-refractivity contribution in [3.8, 4) is 0 Å². The summed E-state index contributed by atoms with van der Waals surface area (Å²) in [5.41, 5.74) is 0. The molecule has 0 aliphatic rings. The van der Waals surface area contributed by atoms with E-state index in [-0.39, 0.29) is 5.04 Å². The van der Waals surface area contributed by atoms with E-state index >= 15 is 0 Å². The summed E-state index contributed by atoms with van der Waals surface area (Å²) in [6.07, 6.45) is 2.18. The summed E-state index contributed by atoms with van der Waals surface area (Å²) in [5, 5.41) is 1.70. The van der Waals surface area contributed by atoms with Crippen molar-refractivity contribution in [3.63, 3.8) is 0 Å². The van der Waals surface area contributed by atoms with E-state index in [0.29, 0.717) is 0 Å². The molecule has 1 rings (SSSR count). The lowest BCUT2D eigenvalue weighted by Crippen LogP contribution is -2.48. The van der Waals surface area contributed by atoms with Gasteiger partial charge in [-0.1, -0.05) is 69.4 Å². The maximum atomic E-state index is 6.29. The predicted molar refractivity (Wildman–Crippen MR) is 86.1 cm³/mol. The third-order valence-corrected chi connectivity index (χ3v) is 11.1. The maximum Gasteiger partial charge on any atom is 0.192 e. The highest BCUT2D eigenvalue weighted by Crippen LogP contribution is 2.37. The van der Waals surface area contributed by atoms with Gasteiger partial charge in [-0.3, -0.25) is 0 Å². The van der Waals surface area contributed by atoms with Crippen LogP contribution in [-0.2, 0) is 4.43 Å². The zero-order valence-electron chi connectivity index (χ0n) is 12.9. The van der Waals surface area contributed by atoms with Crippen LogP contribution in [0.1, 0.15) is 20.8 Å². The predicted octanol–water partition coefficient (Wildman–Crippen LogP) is 4.32. The standard InChI is InChI=1S/C15H27OSi2/c1-15(2,3)18(6,7)16-13-17(4,5)14-11-9-8-10-12-14/h8-13H,1-7H3. The monoisotopic (exact) mass is 279 g/mol. The lowest BCUT2D eigenvalue weighted by atomic mass is 10.2. The summed E-state index contributed by atoms with van der Waals surface area (Å²) in [6.45, 7) is 16.1. The second kappa shape index (κ2) is 5.31. The van der Waals surface area contributed by atoms with Crippen molar-refractivity contribution in [3.05, 3.63) is 36.6 Å². The molecule has 101 valence electrons. The summed E-state index contributed by atoms with van der Waals surface area (Å²) in [6, 6.07) is 10.7. The molecule has 0 aromatic heterocycles. The van der Waals surface area contributed by atoms with E-state index in [1.807, 2.05) is 0 Å². The van der Waals surface area contributed by atoms with Crippen LogP contribution >= 0.6 is 0 Å². The Morgan fingerprint density at radius 3 is 1.89 bits per heavy atom. The second-order valence-corrected chi connectivity index (χ2v) is 16.1. The molecule has 0 N–H and O–H groups in total. The van der Waals surface area contributed by atoms with Gasteiger partial charge < -0.3 is 4.43 Å². The molecule has 1 nitrogen and oxygen atoms in total. The fourth-order valence-corrected chi connectivity index (χ4v) is 5.31. The minimum atomic E-state index is -1.67. The Kier molecular flexibility index (Phi) is 4.62. The Balaban J connectivity index is 2.74. The van der Waals surface area contributed by atoms with Gasteiger partial charge in [-0.2, -0.15) is 0 Å². The first-order valence-electron chi connectivity index (χ1n) is 6.64. The van der Waals surface area contributed by atoms with Crippen molar-refractivity contribution in [1.82, 2.24) is 0 Å². The summed E-state index contributed by atoms with van der Waals surface area (Å²) in [5.74, 6) is 0. The van der Waals surface area contributed by atoms with Crippen molar-refractivity contribution in [2.24, 2.45) is 0 Å². The van der Waals surface area contributed by atoms with Crippen molar-refractivity contribution < 1.29 is 4.43 Å². The van der Waals surface area contributed by atoms with E-state index < -0.39 is 16.4 Å². The average Bonchev–Trinajstić information content (AvgIpc) is 2.26. The zero-order valence-corrected chi connectivity index (χ0v) is 14.9. The van der Waals surface area contributed by atoms with Crippen molar-refractivity contribution >= 4 is 21.6 Å². The molecule has 0 amide bonds. The highest BCUT2D eigenvalue weighted by atomic mass is 28.4. The Bertz CT molecular complexity index is 377. The second-order valence-electron chi connectivity index (χ2n) is 7.08. The first-order chi connectivity index (χ1) is 8.06. The molecule has 0 spiro atoms. The number of hydrogen-bond acceptors (Lipinski definition) is 1. The molecular formula is C15H27OSi2. The lowest BCUT2D eigenvalue weighted by Gasteiger charge is -2.38.